The van der Waals surface area contributed by atoms with Gasteiger partial charge in [-0.15, -0.1) is 5.10 Å². The lowest BCUT2D eigenvalue weighted by Crippen LogP contribution is -2.39. The minimum absolute atomic E-state index is 0.105. The summed E-state index contributed by atoms with van der Waals surface area (Å²) in [4.78, 5) is 12.7. The summed E-state index contributed by atoms with van der Waals surface area (Å²) in [6.45, 7) is 0.942. The van der Waals surface area contributed by atoms with Crippen molar-refractivity contribution in [1.29, 1.82) is 0 Å². The molecule has 1 saturated heterocycles. The lowest BCUT2D eigenvalue weighted by molar-refractivity contribution is -0.137. The van der Waals surface area contributed by atoms with Crippen LogP contribution in [0.15, 0.2) is 42.5 Å². The number of benzene rings is 2. The number of fused-ring (bicyclic) bond motifs is 1. The molecule has 1 fully saturated rings. The molecule has 1 atom stereocenters. The number of aromatic hydroxyl groups is 1. The standard InChI is InChI=1S/C22H20F3N3O3/c23-22(24,25)14-7-8-17(19(29)11-14)20-16-6-2-1-5-15(16)18(26-27-20)10-13-4-3-9-28(12-13)21(30)31/h1-2,5-8,11,13,29H,3-4,9-10,12H2,(H,30,31). The Morgan fingerprint density at radius 3 is 2.55 bits per heavy atom. The van der Waals surface area contributed by atoms with Crippen molar-refractivity contribution < 1.29 is 28.2 Å². The van der Waals surface area contributed by atoms with Gasteiger partial charge >= 0.3 is 12.3 Å². The van der Waals surface area contributed by atoms with Crippen molar-refractivity contribution >= 4 is 16.9 Å². The first-order valence-electron chi connectivity index (χ1n) is 9.87. The molecule has 0 aliphatic carbocycles. The minimum atomic E-state index is -4.56. The molecule has 1 aliphatic rings. The van der Waals surface area contributed by atoms with Gasteiger partial charge in [0, 0.05) is 29.4 Å². The number of carboxylic acid groups (broad SMARTS) is 1. The topological polar surface area (TPSA) is 86.5 Å². The van der Waals surface area contributed by atoms with Crippen molar-refractivity contribution in [2.75, 3.05) is 13.1 Å². The zero-order chi connectivity index (χ0) is 22.2. The highest BCUT2D eigenvalue weighted by Crippen LogP contribution is 2.38. The van der Waals surface area contributed by atoms with Crippen LogP contribution in [-0.4, -0.2) is 44.5 Å². The van der Waals surface area contributed by atoms with Crippen LogP contribution < -0.4 is 0 Å². The predicted octanol–water partition coefficient (Wildman–Crippen LogP) is 4.95. The number of hydrogen-bond acceptors (Lipinski definition) is 4. The Balaban J connectivity index is 1.70. The van der Waals surface area contributed by atoms with Gasteiger partial charge in [-0.3, -0.25) is 0 Å². The Hall–Kier alpha value is -3.36. The van der Waals surface area contributed by atoms with E-state index in [1.54, 1.807) is 12.1 Å². The number of likely N-dealkylation sites (tertiary alicyclic amines) is 1. The van der Waals surface area contributed by atoms with E-state index in [2.05, 4.69) is 10.2 Å². The molecule has 0 radical (unpaired) electrons. The molecule has 2 N–H and O–H groups in total. The van der Waals surface area contributed by atoms with Crippen molar-refractivity contribution in [2.24, 2.45) is 5.92 Å². The molecule has 0 spiro atoms. The summed E-state index contributed by atoms with van der Waals surface area (Å²) < 4.78 is 38.8. The summed E-state index contributed by atoms with van der Waals surface area (Å²) in [7, 11) is 0. The van der Waals surface area contributed by atoms with Crippen molar-refractivity contribution in [2.45, 2.75) is 25.4 Å². The fourth-order valence-electron chi connectivity index (χ4n) is 4.10. The summed E-state index contributed by atoms with van der Waals surface area (Å²) in [5.41, 5.74) is 0.213. The van der Waals surface area contributed by atoms with Crippen LogP contribution in [0, 0.1) is 5.92 Å². The van der Waals surface area contributed by atoms with Gasteiger partial charge in [0.2, 0.25) is 0 Å². The van der Waals surface area contributed by atoms with E-state index in [0.717, 1.165) is 24.3 Å². The number of piperidine rings is 1. The number of halogens is 3. The second-order valence-corrected chi connectivity index (χ2v) is 7.71. The lowest BCUT2D eigenvalue weighted by atomic mass is 9.91. The number of carbonyl (C=O) groups is 1. The predicted molar refractivity (Wildman–Crippen MR) is 108 cm³/mol. The van der Waals surface area contributed by atoms with Gasteiger partial charge < -0.3 is 15.1 Å². The number of nitrogens with zero attached hydrogens (tertiary/aromatic N) is 3. The second kappa shape index (κ2) is 8.05. The third-order valence-electron chi connectivity index (χ3n) is 5.62. The molecule has 4 rings (SSSR count). The van der Waals surface area contributed by atoms with Crippen LogP contribution in [0.2, 0.25) is 0 Å². The first-order valence-corrected chi connectivity index (χ1v) is 9.87. The zero-order valence-electron chi connectivity index (χ0n) is 16.4. The van der Waals surface area contributed by atoms with E-state index in [1.807, 2.05) is 12.1 Å². The molecular formula is C22H20F3N3O3. The highest BCUT2D eigenvalue weighted by molar-refractivity contribution is 5.96. The molecular weight excluding hydrogens is 411 g/mol. The molecule has 1 aliphatic heterocycles. The molecule has 1 amide bonds. The van der Waals surface area contributed by atoms with E-state index in [1.165, 1.54) is 11.0 Å². The quantitative estimate of drug-likeness (QED) is 0.613. The molecule has 1 aromatic heterocycles. The number of aromatic nitrogens is 2. The Morgan fingerprint density at radius 2 is 1.87 bits per heavy atom. The average Bonchev–Trinajstić information content (AvgIpc) is 2.74. The number of phenolic OH excluding ortho intramolecular Hbond substituents is 1. The van der Waals surface area contributed by atoms with Crippen molar-refractivity contribution in [3.63, 3.8) is 0 Å². The SMILES string of the molecule is O=C(O)N1CCCC(Cc2nnc(-c3ccc(C(F)(F)F)cc3O)c3ccccc23)C1. The van der Waals surface area contributed by atoms with Crippen LogP contribution >= 0.6 is 0 Å². The summed E-state index contributed by atoms with van der Waals surface area (Å²) in [5.74, 6) is -0.417. The fourth-order valence-corrected chi connectivity index (χ4v) is 4.10. The minimum Gasteiger partial charge on any atom is -0.507 e. The maximum atomic E-state index is 12.9. The van der Waals surface area contributed by atoms with Gasteiger partial charge in [0.15, 0.2) is 0 Å². The molecule has 2 aromatic carbocycles. The lowest BCUT2D eigenvalue weighted by Gasteiger charge is -2.30. The first kappa shape index (κ1) is 20.9. The summed E-state index contributed by atoms with van der Waals surface area (Å²) in [5, 5.41) is 29.5. The zero-order valence-corrected chi connectivity index (χ0v) is 16.4. The number of hydrogen-bond donors (Lipinski definition) is 2. The van der Waals surface area contributed by atoms with E-state index in [9.17, 15) is 28.2 Å². The van der Waals surface area contributed by atoms with Crippen molar-refractivity contribution in [3.8, 4) is 17.0 Å². The molecule has 9 heteroatoms. The smallest absolute Gasteiger partial charge is 0.416 e. The number of alkyl halides is 3. The third-order valence-corrected chi connectivity index (χ3v) is 5.62. The maximum Gasteiger partial charge on any atom is 0.416 e. The van der Waals surface area contributed by atoms with Gasteiger partial charge in [0.25, 0.3) is 0 Å². The Labute approximate surface area is 175 Å². The number of phenols is 1. The number of amides is 1. The van der Waals surface area contributed by atoms with Crippen LogP contribution in [-0.2, 0) is 12.6 Å². The highest BCUT2D eigenvalue weighted by atomic mass is 19.4. The number of rotatable bonds is 3. The summed E-state index contributed by atoms with van der Waals surface area (Å²) in [6, 6.07) is 10.0. The molecule has 0 saturated carbocycles. The Bertz CT molecular complexity index is 1130. The van der Waals surface area contributed by atoms with Gasteiger partial charge in [-0.1, -0.05) is 24.3 Å². The van der Waals surface area contributed by atoms with Crippen molar-refractivity contribution in [3.05, 3.63) is 53.7 Å². The molecule has 31 heavy (non-hydrogen) atoms. The highest BCUT2D eigenvalue weighted by Gasteiger charge is 2.31. The van der Waals surface area contributed by atoms with E-state index in [-0.39, 0.29) is 11.5 Å². The van der Waals surface area contributed by atoms with Crippen LogP contribution in [0.5, 0.6) is 5.75 Å². The largest absolute Gasteiger partial charge is 0.507 e. The molecule has 2 heterocycles. The van der Waals surface area contributed by atoms with Gasteiger partial charge in [-0.2, -0.15) is 18.3 Å². The molecule has 162 valence electrons. The van der Waals surface area contributed by atoms with Crippen LogP contribution in [0.3, 0.4) is 0 Å². The molecule has 3 aromatic rings. The Kier molecular flexibility index (Phi) is 5.43. The molecule has 0 bridgehead atoms. The third kappa shape index (κ3) is 4.26. The van der Waals surface area contributed by atoms with Crippen molar-refractivity contribution in [1.82, 2.24) is 15.1 Å². The van der Waals surface area contributed by atoms with E-state index in [0.29, 0.717) is 42.4 Å². The van der Waals surface area contributed by atoms with Gasteiger partial charge in [-0.05, 0) is 43.4 Å². The summed E-state index contributed by atoms with van der Waals surface area (Å²) in [6.07, 6.45) is -3.30. The van der Waals surface area contributed by atoms with E-state index >= 15 is 0 Å². The van der Waals surface area contributed by atoms with Gasteiger partial charge in [0.1, 0.15) is 11.4 Å². The first-order chi connectivity index (χ1) is 14.7. The monoisotopic (exact) mass is 431 g/mol. The van der Waals surface area contributed by atoms with Crippen LogP contribution in [0.4, 0.5) is 18.0 Å². The maximum absolute atomic E-state index is 12.9. The van der Waals surface area contributed by atoms with Crippen LogP contribution in [0.25, 0.3) is 22.0 Å². The van der Waals surface area contributed by atoms with Gasteiger partial charge in [0.05, 0.1) is 11.3 Å². The van der Waals surface area contributed by atoms with E-state index < -0.39 is 23.6 Å². The second-order valence-electron chi connectivity index (χ2n) is 7.71. The van der Waals surface area contributed by atoms with E-state index in [4.69, 9.17) is 0 Å². The molecule has 6 nitrogen and oxygen atoms in total. The van der Waals surface area contributed by atoms with Gasteiger partial charge in [-0.25, -0.2) is 4.79 Å². The Morgan fingerprint density at radius 1 is 1.13 bits per heavy atom. The molecule has 1 unspecified atom stereocenters. The average molecular weight is 431 g/mol. The van der Waals surface area contributed by atoms with Crippen LogP contribution in [0.1, 0.15) is 24.1 Å². The normalized spacial score (nSPS) is 17.1. The summed E-state index contributed by atoms with van der Waals surface area (Å²) >= 11 is 0. The fraction of sp³-hybridized carbons (Fsp3) is 0.318.